The van der Waals surface area contributed by atoms with Gasteiger partial charge in [-0.05, 0) is 0 Å². The number of ether oxygens (including phenoxy) is 10. The molecule has 21 heteroatoms. The molecule has 0 bridgehead atoms. The molecule has 11 N–H and O–H groups in total. The van der Waals surface area contributed by atoms with E-state index in [0.717, 1.165) is 0 Å². The van der Waals surface area contributed by atoms with Gasteiger partial charge in [-0.3, -0.25) is 0 Å². The van der Waals surface area contributed by atoms with E-state index in [1.54, 1.807) is 0 Å². The van der Waals surface area contributed by atoms with E-state index in [-0.39, 0.29) is 0 Å². The standard InChI is InChI=1S/C27H48O21/c1-39-20-8(4-28)44-25(17(36)12(20)31)42-7-11-23(48-26-18(37)13(32)21(40-2)9(5-29)45-26)15(34)19(38)27(46-11)47-22-10(6-30)43-24(41-3)16(35)14(22)33/h8-38H,4-7H2,1-3H3/t8?,9?,10?,11?,12?,13?,14?,15?,16?,17?,18?,19?,20-,21-,22-,23-,24+,25+,26-,27-/m1/s1. The Morgan fingerprint density at radius 1 is 0.396 bits per heavy atom. The number of hydrogen-bond acceptors (Lipinski definition) is 21. The maximum atomic E-state index is 11.3. The molecule has 4 heterocycles. The van der Waals surface area contributed by atoms with Crippen LogP contribution >= 0.6 is 0 Å². The summed E-state index contributed by atoms with van der Waals surface area (Å²) >= 11 is 0. The zero-order valence-corrected chi connectivity index (χ0v) is 26.4. The third-order valence-corrected chi connectivity index (χ3v) is 8.89. The van der Waals surface area contributed by atoms with Gasteiger partial charge in [-0.25, -0.2) is 0 Å². The molecule has 282 valence electrons. The fourth-order valence-electron chi connectivity index (χ4n) is 6.17. The van der Waals surface area contributed by atoms with Crippen LogP contribution in [0.5, 0.6) is 0 Å². The quantitative estimate of drug-likeness (QED) is 0.0846. The van der Waals surface area contributed by atoms with E-state index < -0.39 is 149 Å². The van der Waals surface area contributed by atoms with Crippen LogP contribution in [-0.4, -0.2) is 227 Å². The highest BCUT2D eigenvalue weighted by Gasteiger charge is 2.54. The highest BCUT2D eigenvalue weighted by molar-refractivity contribution is 4.97. The van der Waals surface area contributed by atoms with Crippen molar-refractivity contribution in [1.29, 1.82) is 0 Å². The third kappa shape index (κ3) is 8.12. The lowest BCUT2D eigenvalue weighted by molar-refractivity contribution is -0.384. The van der Waals surface area contributed by atoms with E-state index in [4.69, 9.17) is 47.4 Å². The average Bonchev–Trinajstić information content (AvgIpc) is 3.09. The second kappa shape index (κ2) is 17.6. The molecule has 4 aliphatic rings. The number of rotatable bonds is 13. The molecule has 21 nitrogen and oxygen atoms in total. The summed E-state index contributed by atoms with van der Waals surface area (Å²) in [5.41, 5.74) is 0. The molecule has 0 aromatic heterocycles. The summed E-state index contributed by atoms with van der Waals surface area (Å²) in [7, 11) is 3.65. The van der Waals surface area contributed by atoms with Gasteiger partial charge in [-0.15, -0.1) is 0 Å². The van der Waals surface area contributed by atoms with Crippen molar-refractivity contribution in [2.75, 3.05) is 47.8 Å². The van der Waals surface area contributed by atoms with Crippen LogP contribution in [0.1, 0.15) is 0 Å². The summed E-state index contributed by atoms with van der Waals surface area (Å²) in [6, 6.07) is 0. The Hall–Kier alpha value is -0.840. The van der Waals surface area contributed by atoms with Gasteiger partial charge < -0.3 is 104 Å². The first-order chi connectivity index (χ1) is 22.9. The summed E-state index contributed by atoms with van der Waals surface area (Å²) in [6.45, 7) is -2.71. The van der Waals surface area contributed by atoms with Crippen LogP contribution in [0.4, 0.5) is 0 Å². The number of methoxy groups -OCH3 is 3. The Morgan fingerprint density at radius 3 is 1.17 bits per heavy atom. The summed E-state index contributed by atoms with van der Waals surface area (Å²) in [4.78, 5) is 0. The molecule has 0 amide bonds. The fourth-order valence-corrected chi connectivity index (χ4v) is 6.17. The molecule has 0 saturated carbocycles. The van der Waals surface area contributed by atoms with E-state index in [1.165, 1.54) is 21.3 Å². The van der Waals surface area contributed by atoms with Crippen molar-refractivity contribution < 1.29 is 104 Å². The van der Waals surface area contributed by atoms with Crippen LogP contribution in [0.2, 0.25) is 0 Å². The Bertz CT molecular complexity index is 960. The van der Waals surface area contributed by atoms with E-state index in [0.29, 0.717) is 0 Å². The first-order valence-corrected chi connectivity index (χ1v) is 15.3. The van der Waals surface area contributed by atoms with Gasteiger partial charge in [0.2, 0.25) is 0 Å². The van der Waals surface area contributed by atoms with Crippen molar-refractivity contribution in [2.24, 2.45) is 0 Å². The maximum Gasteiger partial charge on any atom is 0.187 e. The molecular formula is C27H48O21. The highest BCUT2D eigenvalue weighted by atomic mass is 16.8. The average molecular weight is 709 g/mol. The first kappa shape index (κ1) is 39.9. The smallest absolute Gasteiger partial charge is 0.187 e. The minimum absolute atomic E-state index is 0.629. The molecule has 4 fully saturated rings. The van der Waals surface area contributed by atoms with Gasteiger partial charge in [0, 0.05) is 21.3 Å². The molecule has 0 radical (unpaired) electrons. The number of aliphatic hydroxyl groups is 11. The Kier molecular flexibility index (Phi) is 14.6. The van der Waals surface area contributed by atoms with Gasteiger partial charge >= 0.3 is 0 Å². The fraction of sp³-hybridized carbons (Fsp3) is 1.00. The molecule has 4 rings (SSSR count). The monoisotopic (exact) mass is 708 g/mol. The largest absolute Gasteiger partial charge is 0.394 e. The zero-order chi connectivity index (χ0) is 35.4. The normalized spacial score (nSPS) is 50.4. The highest BCUT2D eigenvalue weighted by Crippen LogP contribution is 2.34. The minimum atomic E-state index is -1.99. The molecule has 0 aliphatic carbocycles. The number of hydrogen-bond donors (Lipinski definition) is 11. The van der Waals surface area contributed by atoms with Crippen LogP contribution in [-0.2, 0) is 47.4 Å². The van der Waals surface area contributed by atoms with Crippen LogP contribution in [0.25, 0.3) is 0 Å². The topological polar surface area (TPSA) is 315 Å². The van der Waals surface area contributed by atoms with E-state index in [9.17, 15) is 56.2 Å². The van der Waals surface area contributed by atoms with Crippen molar-refractivity contribution >= 4 is 0 Å². The van der Waals surface area contributed by atoms with Crippen LogP contribution < -0.4 is 0 Å². The number of aliphatic hydroxyl groups excluding tert-OH is 11. The Balaban J connectivity index is 1.57. The lowest BCUT2D eigenvalue weighted by Crippen LogP contribution is -2.67. The van der Waals surface area contributed by atoms with Gasteiger partial charge in [0.25, 0.3) is 0 Å². The van der Waals surface area contributed by atoms with Crippen molar-refractivity contribution in [3.63, 3.8) is 0 Å². The Labute approximate surface area is 274 Å². The second-order valence-corrected chi connectivity index (χ2v) is 11.8. The summed E-state index contributed by atoms with van der Waals surface area (Å²) in [6.07, 6.45) is -31.3. The predicted octanol–water partition coefficient (Wildman–Crippen LogP) is -7.79. The van der Waals surface area contributed by atoms with Gasteiger partial charge in [-0.1, -0.05) is 0 Å². The predicted molar refractivity (Wildman–Crippen MR) is 148 cm³/mol. The van der Waals surface area contributed by atoms with E-state index in [2.05, 4.69) is 0 Å². The van der Waals surface area contributed by atoms with E-state index in [1.807, 2.05) is 0 Å². The zero-order valence-electron chi connectivity index (χ0n) is 26.4. The van der Waals surface area contributed by atoms with E-state index >= 15 is 0 Å². The first-order valence-electron chi connectivity index (χ1n) is 15.3. The van der Waals surface area contributed by atoms with Crippen molar-refractivity contribution in [3.8, 4) is 0 Å². The Morgan fingerprint density at radius 2 is 0.729 bits per heavy atom. The van der Waals surface area contributed by atoms with Crippen molar-refractivity contribution in [1.82, 2.24) is 0 Å². The lowest BCUT2D eigenvalue weighted by Gasteiger charge is -2.48. The molecule has 0 aromatic carbocycles. The van der Waals surface area contributed by atoms with Crippen LogP contribution in [0, 0.1) is 0 Å². The molecule has 12 unspecified atom stereocenters. The molecule has 4 aliphatic heterocycles. The SMILES string of the molecule is CO[C@H]1OC(CO)[C@@H](O[C@H]2OC(CO[C@H]3OC(CO)[C@@H](OC)C(O)C3O)[C@@H](O[C@H]3OC(CO)[C@@H](OC)C(O)C3O)C(O)C2O)C(O)C1O. The van der Waals surface area contributed by atoms with Gasteiger partial charge in [0.05, 0.1) is 26.4 Å². The summed E-state index contributed by atoms with van der Waals surface area (Å²) in [5.74, 6) is 0. The van der Waals surface area contributed by atoms with Crippen LogP contribution in [0.3, 0.4) is 0 Å². The summed E-state index contributed by atoms with van der Waals surface area (Å²) in [5, 5.41) is 115. The molecule has 20 atom stereocenters. The maximum absolute atomic E-state index is 11.3. The molecule has 4 saturated heterocycles. The molecular weight excluding hydrogens is 660 g/mol. The third-order valence-electron chi connectivity index (χ3n) is 8.89. The molecule has 0 aromatic rings. The van der Waals surface area contributed by atoms with Gasteiger partial charge in [0.1, 0.15) is 97.7 Å². The van der Waals surface area contributed by atoms with Gasteiger partial charge in [0.15, 0.2) is 25.2 Å². The lowest BCUT2D eigenvalue weighted by atomic mass is 9.96. The van der Waals surface area contributed by atoms with Crippen molar-refractivity contribution in [2.45, 2.75) is 123 Å². The molecule has 48 heavy (non-hydrogen) atoms. The van der Waals surface area contributed by atoms with Crippen molar-refractivity contribution in [3.05, 3.63) is 0 Å². The summed E-state index contributed by atoms with van der Waals surface area (Å²) < 4.78 is 54.8. The minimum Gasteiger partial charge on any atom is -0.394 e. The molecule has 0 spiro atoms. The van der Waals surface area contributed by atoms with Gasteiger partial charge in [-0.2, -0.15) is 0 Å². The van der Waals surface area contributed by atoms with Crippen LogP contribution in [0.15, 0.2) is 0 Å². The second-order valence-electron chi connectivity index (χ2n) is 11.8.